The van der Waals surface area contributed by atoms with Gasteiger partial charge in [0.05, 0.1) is 12.0 Å². The van der Waals surface area contributed by atoms with Crippen molar-refractivity contribution in [3.8, 4) is 0 Å². The second-order valence-corrected chi connectivity index (χ2v) is 6.13. The molecule has 128 valence electrons. The van der Waals surface area contributed by atoms with Gasteiger partial charge in [0, 0.05) is 18.9 Å². The molecule has 1 fully saturated rings. The van der Waals surface area contributed by atoms with E-state index in [9.17, 15) is 23.1 Å². The first-order valence-electron chi connectivity index (χ1n) is 7.94. The standard InChI is InChI=1S/C17H22F3NO2/c18-17(19,20)15-9-5-4-8-14(15)16(23)21-11-13(22)10-12-6-2-1-3-7-12/h1-3,6-7,13-15,22H,4-5,8-11H2,(H,21,23)/t13-,14+,15-/m1/s1. The van der Waals surface area contributed by atoms with E-state index in [0.29, 0.717) is 19.3 Å². The molecule has 0 radical (unpaired) electrons. The molecule has 0 bridgehead atoms. The first-order valence-corrected chi connectivity index (χ1v) is 7.94. The maximum Gasteiger partial charge on any atom is 0.392 e. The van der Waals surface area contributed by atoms with Crippen LogP contribution in [0.5, 0.6) is 0 Å². The van der Waals surface area contributed by atoms with Gasteiger partial charge in [-0.25, -0.2) is 0 Å². The molecular formula is C17H22F3NO2. The molecule has 0 spiro atoms. The van der Waals surface area contributed by atoms with Crippen molar-refractivity contribution in [2.45, 2.75) is 44.4 Å². The summed E-state index contributed by atoms with van der Waals surface area (Å²) in [6, 6.07) is 9.25. The molecule has 3 atom stereocenters. The summed E-state index contributed by atoms with van der Waals surface area (Å²) in [5.41, 5.74) is 0.917. The number of carbonyl (C=O) groups is 1. The van der Waals surface area contributed by atoms with Crippen LogP contribution in [-0.4, -0.2) is 29.8 Å². The molecule has 2 rings (SSSR count). The number of aliphatic hydroxyl groups is 1. The Bertz CT molecular complexity index is 504. The monoisotopic (exact) mass is 329 g/mol. The Morgan fingerprint density at radius 1 is 1.22 bits per heavy atom. The molecule has 1 aromatic carbocycles. The molecule has 2 N–H and O–H groups in total. The lowest BCUT2D eigenvalue weighted by Crippen LogP contribution is -2.44. The Morgan fingerprint density at radius 3 is 2.52 bits per heavy atom. The lowest BCUT2D eigenvalue weighted by atomic mass is 9.78. The first-order chi connectivity index (χ1) is 10.9. The topological polar surface area (TPSA) is 49.3 Å². The van der Waals surface area contributed by atoms with Crippen LogP contribution in [0.1, 0.15) is 31.2 Å². The predicted octanol–water partition coefficient (Wildman–Crippen LogP) is 3.07. The summed E-state index contributed by atoms with van der Waals surface area (Å²) >= 11 is 0. The van der Waals surface area contributed by atoms with Crippen LogP contribution in [0.15, 0.2) is 30.3 Å². The van der Waals surface area contributed by atoms with Gasteiger partial charge in [0.1, 0.15) is 0 Å². The van der Waals surface area contributed by atoms with Gasteiger partial charge in [-0.3, -0.25) is 4.79 Å². The van der Waals surface area contributed by atoms with Crippen LogP contribution >= 0.6 is 0 Å². The number of carbonyl (C=O) groups excluding carboxylic acids is 1. The van der Waals surface area contributed by atoms with E-state index < -0.39 is 30.0 Å². The number of rotatable bonds is 5. The van der Waals surface area contributed by atoms with Gasteiger partial charge < -0.3 is 10.4 Å². The van der Waals surface area contributed by atoms with Crippen LogP contribution < -0.4 is 5.32 Å². The van der Waals surface area contributed by atoms with E-state index in [1.54, 1.807) is 0 Å². The quantitative estimate of drug-likeness (QED) is 0.872. The van der Waals surface area contributed by atoms with Gasteiger partial charge in [0.25, 0.3) is 0 Å². The highest BCUT2D eigenvalue weighted by Crippen LogP contribution is 2.41. The molecule has 1 aliphatic rings. The zero-order valence-corrected chi connectivity index (χ0v) is 12.9. The first kappa shape index (κ1) is 17.8. The number of aliphatic hydroxyl groups excluding tert-OH is 1. The summed E-state index contributed by atoms with van der Waals surface area (Å²) in [5, 5.41) is 12.4. The summed E-state index contributed by atoms with van der Waals surface area (Å²) in [5.74, 6) is -3.20. The Kier molecular flexibility index (Phi) is 6.04. The van der Waals surface area contributed by atoms with Crippen molar-refractivity contribution >= 4 is 5.91 Å². The average molecular weight is 329 g/mol. The fourth-order valence-electron chi connectivity index (χ4n) is 3.14. The van der Waals surface area contributed by atoms with Crippen LogP contribution in [0, 0.1) is 11.8 Å². The Balaban J connectivity index is 1.85. The molecule has 1 aromatic rings. The molecule has 0 aromatic heterocycles. The van der Waals surface area contributed by atoms with Crippen molar-refractivity contribution in [3.05, 3.63) is 35.9 Å². The minimum atomic E-state index is -4.34. The van der Waals surface area contributed by atoms with E-state index in [1.807, 2.05) is 30.3 Å². The molecule has 23 heavy (non-hydrogen) atoms. The van der Waals surface area contributed by atoms with E-state index in [1.165, 1.54) is 0 Å². The predicted molar refractivity (Wildman–Crippen MR) is 80.7 cm³/mol. The maximum absolute atomic E-state index is 13.0. The van der Waals surface area contributed by atoms with E-state index in [4.69, 9.17) is 0 Å². The Morgan fingerprint density at radius 2 is 1.87 bits per heavy atom. The maximum atomic E-state index is 13.0. The summed E-state index contributed by atoms with van der Waals surface area (Å²) in [7, 11) is 0. The van der Waals surface area contributed by atoms with Crippen LogP contribution in [-0.2, 0) is 11.2 Å². The van der Waals surface area contributed by atoms with Crippen LogP contribution in [0.2, 0.25) is 0 Å². The van der Waals surface area contributed by atoms with E-state index in [0.717, 1.165) is 5.56 Å². The summed E-state index contributed by atoms with van der Waals surface area (Å²) < 4.78 is 39.0. The third-order valence-electron chi connectivity index (χ3n) is 4.35. The molecule has 0 saturated heterocycles. The number of hydrogen-bond acceptors (Lipinski definition) is 2. The molecule has 3 nitrogen and oxygen atoms in total. The van der Waals surface area contributed by atoms with E-state index in [-0.39, 0.29) is 19.4 Å². The summed E-state index contributed by atoms with van der Waals surface area (Å²) in [6.07, 6.45) is -3.39. The minimum Gasteiger partial charge on any atom is -0.391 e. The third kappa shape index (κ3) is 5.23. The normalized spacial score (nSPS) is 23.3. The highest BCUT2D eigenvalue weighted by Gasteiger charge is 2.47. The van der Waals surface area contributed by atoms with Crippen LogP contribution in [0.3, 0.4) is 0 Å². The smallest absolute Gasteiger partial charge is 0.391 e. The highest BCUT2D eigenvalue weighted by molar-refractivity contribution is 5.79. The SMILES string of the molecule is O=C(NC[C@H](O)Cc1ccccc1)[C@H]1CCCC[C@H]1C(F)(F)F. The number of halogens is 3. The van der Waals surface area contributed by atoms with Gasteiger partial charge in [0.2, 0.25) is 5.91 Å². The van der Waals surface area contributed by atoms with Gasteiger partial charge in [0.15, 0.2) is 0 Å². The van der Waals surface area contributed by atoms with E-state index >= 15 is 0 Å². The number of nitrogens with one attached hydrogen (secondary N) is 1. The Hall–Kier alpha value is -1.56. The van der Waals surface area contributed by atoms with Gasteiger partial charge in [-0.1, -0.05) is 43.2 Å². The molecule has 0 aliphatic heterocycles. The molecule has 1 saturated carbocycles. The summed E-state index contributed by atoms with van der Waals surface area (Å²) in [4.78, 5) is 12.1. The van der Waals surface area contributed by atoms with Crippen molar-refractivity contribution in [2.75, 3.05) is 6.54 Å². The minimum absolute atomic E-state index is 0.00809. The van der Waals surface area contributed by atoms with E-state index in [2.05, 4.69) is 5.32 Å². The van der Waals surface area contributed by atoms with Crippen molar-refractivity contribution in [3.63, 3.8) is 0 Å². The second kappa shape index (κ2) is 7.81. The largest absolute Gasteiger partial charge is 0.392 e. The summed E-state index contributed by atoms with van der Waals surface area (Å²) in [6.45, 7) is -0.0329. The lowest BCUT2D eigenvalue weighted by molar-refractivity contribution is -0.198. The van der Waals surface area contributed by atoms with Crippen LogP contribution in [0.4, 0.5) is 13.2 Å². The molecule has 6 heteroatoms. The van der Waals surface area contributed by atoms with Crippen molar-refractivity contribution in [2.24, 2.45) is 11.8 Å². The number of benzene rings is 1. The molecule has 0 unspecified atom stereocenters. The van der Waals surface area contributed by atoms with Crippen molar-refractivity contribution in [1.82, 2.24) is 5.32 Å². The fraction of sp³-hybridized carbons (Fsp3) is 0.588. The molecule has 1 amide bonds. The zero-order chi connectivity index (χ0) is 16.9. The van der Waals surface area contributed by atoms with Gasteiger partial charge in [-0.15, -0.1) is 0 Å². The van der Waals surface area contributed by atoms with Gasteiger partial charge in [-0.05, 0) is 18.4 Å². The van der Waals surface area contributed by atoms with Crippen LogP contribution in [0.25, 0.3) is 0 Å². The van der Waals surface area contributed by atoms with Crippen molar-refractivity contribution in [1.29, 1.82) is 0 Å². The number of alkyl halides is 3. The van der Waals surface area contributed by atoms with Crippen molar-refractivity contribution < 1.29 is 23.1 Å². The molecular weight excluding hydrogens is 307 g/mol. The Labute approximate surface area is 133 Å². The molecule has 1 aliphatic carbocycles. The highest BCUT2D eigenvalue weighted by atomic mass is 19.4. The van der Waals surface area contributed by atoms with Gasteiger partial charge in [-0.2, -0.15) is 13.2 Å². The number of amides is 1. The fourth-order valence-corrected chi connectivity index (χ4v) is 3.14. The average Bonchev–Trinajstić information content (AvgIpc) is 2.53. The second-order valence-electron chi connectivity index (χ2n) is 6.13. The lowest BCUT2D eigenvalue weighted by Gasteiger charge is -2.32. The van der Waals surface area contributed by atoms with Gasteiger partial charge >= 0.3 is 6.18 Å². The molecule has 0 heterocycles. The zero-order valence-electron chi connectivity index (χ0n) is 12.9. The third-order valence-corrected chi connectivity index (χ3v) is 4.35. The number of hydrogen-bond donors (Lipinski definition) is 2.